The monoisotopic (exact) mass is 474 g/mol. The Morgan fingerprint density at radius 3 is 1.89 bits per heavy atom. The Labute approximate surface area is 207 Å². The molecule has 2 N–H and O–H groups in total. The van der Waals surface area contributed by atoms with Crippen molar-refractivity contribution >= 4 is 11.8 Å². The van der Waals surface area contributed by atoms with Gasteiger partial charge in [-0.1, -0.05) is 62.2 Å². The number of hydrogen-bond donors (Lipinski definition) is 2. The fourth-order valence-electron chi connectivity index (χ4n) is 3.79. The SMILES string of the molecule is CCCCCOc1ccc(C(NC(=O)c2ccccc2C)NC(=O)c2ccccc2C)cc1OC. The van der Waals surface area contributed by atoms with E-state index >= 15 is 0 Å². The van der Waals surface area contributed by atoms with Crippen molar-refractivity contribution in [3.05, 3.63) is 94.5 Å². The van der Waals surface area contributed by atoms with Crippen LogP contribution in [0, 0.1) is 13.8 Å². The van der Waals surface area contributed by atoms with Crippen LogP contribution in [0.2, 0.25) is 0 Å². The predicted molar refractivity (Wildman–Crippen MR) is 138 cm³/mol. The van der Waals surface area contributed by atoms with Gasteiger partial charge in [-0.15, -0.1) is 0 Å². The summed E-state index contributed by atoms with van der Waals surface area (Å²) in [7, 11) is 1.57. The molecule has 3 aromatic carbocycles. The number of amides is 2. The zero-order valence-electron chi connectivity index (χ0n) is 20.9. The normalized spacial score (nSPS) is 10.7. The van der Waals surface area contributed by atoms with Crippen molar-refractivity contribution in [3.63, 3.8) is 0 Å². The summed E-state index contributed by atoms with van der Waals surface area (Å²) >= 11 is 0. The summed E-state index contributed by atoms with van der Waals surface area (Å²) in [6, 6.07) is 20.1. The molecule has 0 aromatic heterocycles. The number of aryl methyl sites for hydroxylation is 2. The molecule has 0 radical (unpaired) electrons. The molecule has 3 rings (SSSR count). The van der Waals surface area contributed by atoms with Crippen LogP contribution < -0.4 is 20.1 Å². The van der Waals surface area contributed by atoms with Gasteiger partial charge in [-0.3, -0.25) is 9.59 Å². The van der Waals surface area contributed by atoms with E-state index in [1.165, 1.54) is 0 Å². The first-order valence-electron chi connectivity index (χ1n) is 12.0. The van der Waals surface area contributed by atoms with E-state index in [4.69, 9.17) is 9.47 Å². The lowest BCUT2D eigenvalue weighted by Crippen LogP contribution is -2.41. The summed E-state index contributed by atoms with van der Waals surface area (Å²) in [6.45, 7) is 6.50. The molecule has 0 aliphatic carbocycles. The summed E-state index contributed by atoms with van der Waals surface area (Å²) in [4.78, 5) is 26.3. The van der Waals surface area contributed by atoms with Gasteiger partial charge in [-0.25, -0.2) is 0 Å². The molecule has 35 heavy (non-hydrogen) atoms. The number of nitrogens with one attached hydrogen (secondary N) is 2. The highest BCUT2D eigenvalue weighted by Crippen LogP contribution is 2.30. The molecule has 6 heteroatoms. The second kappa shape index (κ2) is 12.6. The fraction of sp³-hybridized carbons (Fsp3) is 0.310. The highest BCUT2D eigenvalue weighted by atomic mass is 16.5. The van der Waals surface area contributed by atoms with Gasteiger partial charge >= 0.3 is 0 Å². The van der Waals surface area contributed by atoms with Crippen LogP contribution in [0.1, 0.15) is 69.8 Å². The van der Waals surface area contributed by atoms with Crippen LogP contribution in [0.4, 0.5) is 0 Å². The maximum absolute atomic E-state index is 13.1. The van der Waals surface area contributed by atoms with Crippen molar-refractivity contribution in [2.45, 2.75) is 46.2 Å². The second-order valence-corrected chi connectivity index (χ2v) is 8.48. The molecule has 0 heterocycles. The van der Waals surface area contributed by atoms with Gasteiger partial charge in [-0.05, 0) is 61.2 Å². The molecule has 0 spiro atoms. The van der Waals surface area contributed by atoms with E-state index in [1.54, 1.807) is 25.3 Å². The molecule has 0 fully saturated rings. The van der Waals surface area contributed by atoms with Crippen molar-refractivity contribution in [2.75, 3.05) is 13.7 Å². The van der Waals surface area contributed by atoms with Crippen molar-refractivity contribution in [3.8, 4) is 11.5 Å². The molecule has 0 saturated carbocycles. The number of carbonyl (C=O) groups is 2. The second-order valence-electron chi connectivity index (χ2n) is 8.48. The zero-order valence-corrected chi connectivity index (χ0v) is 20.9. The molecule has 184 valence electrons. The summed E-state index contributed by atoms with van der Waals surface area (Å²) in [5, 5.41) is 5.95. The van der Waals surface area contributed by atoms with Crippen LogP contribution in [-0.4, -0.2) is 25.5 Å². The molecule has 0 aliphatic heterocycles. The maximum Gasteiger partial charge on any atom is 0.253 e. The van der Waals surface area contributed by atoms with Crippen LogP contribution in [0.25, 0.3) is 0 Å². The van der Waals surface area contributed by atoms with E-state index in [1.807, 2.05) is 62.4 Å². The van der Waals surface area contributed by atoms with Gasteiger partial charge in [0.2, 0.25) is 0 Å². The van der Waals surface area contributed by atoms with Crippen molar-refractivity contribution in [2.24, 2.45) is 0 Å². The number of hydrogen-bond acceptors (Lipinski definition) is 4. The molecule has 0 atom stereocenters. The van der Waals surface area contributed by atoms with Crippen molar-refractivity contribution in [1.29, 1.82) is 0 Å². The third-order valence-corrected chi connectivity index (χ3v) is 5.86. The number of methoxy groups -OCH3 is 1. The topological polar surface area (TPSA) is 76.7 Å². The molecule has 3 aromatic rings. The number of unbranched alkanes of at least 4 members (excludes halogenated alkanes) is 2. The molecule has 6 nitrogen and oxygen atoms in total. The average molecular weight is 475 g/mol. The summed E-state index contributed by atoms with van der Waals surface area (Å²) in [5.74, 6) is 0.606. The Balaban J connectivity index is 1.89. The fourth-order valence-corrected chi connectivity index (χ4v) is 3.79. The van der Waals surface area contributed by atoms with Gasteiger partial charge in [0.15, 0.2) is 11.5 Å². The quantitative estimate of drug-likeness (QED) is 0.274. The zero-order chi connectivity index (χ0) is 25.2. The highest BCUT2D eigenvalue weighted by Gasteiger charge is 2.22. The molecule has 0 aliphatic rings. The van der Waals surface area contributed by atoms with Gasteiger partial charge in [-0.2, -0.15) is 0 Å². The van der Waals surface area contributed by atoms with Crippen LogP contribution in [0.15, 0.2) is 66.7 Å². The standard InChI is InChI=1S/C29H34N2O4/c1-5-6-11-18-35-25-17-16-22(19-26(25)34-4)27(30-28(32)23-14-9-7-12-20(23)2)31-29(33)24-15-10-8-13-21(24)3/h7-10,12-17,19,27H,5-6,11,18H2,1-4H3,(H,30,32)(H,31,33). The van der Waals surface area contributed by atoms with Crippen LogP contribution in [0.3, 0.4) is 0 Å². The van der Waals surface area contributed by atoms with Crippen LogP contribution in [-0.2, 0) is 0 Å². The first kappa shape index (κ1) is 25.8. The molecule has 0 unspecified atom stereocenters. The maximum atomic E-state index is 13.1. The van der Waals surface area contributed by atoms with E-state index in [-0.39, 0.29) is 11.8 Å². The minimum Gasteiger partial charge on any atom is -0.493 e. The van der Waals surface area contributed by atoms with Gasteiger partial charge in [0.25, 0.3) is 11.8 Å². The Hall–Kier alpha value is -3.80. The molecular formula is C29H34N2O4. The van der Waals surface area contributed by atoms with E-state index in [0.717, 1.165) is 30.4 Å². The van der Waals surface area contributed by atoms with E-state index in [2.05, 4.69) is 17.6 Å². The third-order valence-electron chi connectivity index (χ3n) is 5.86. The van der Waals surface area contributed by atoms with Gasteiger partial charge in [0, 0.05) is 11.1 Å². The summed E-state index contributed by atoms with van der Waals surface area (Å²) in [6.07, 6.45) is 2.39. The minimum absolute atomic E-state index is 0.281. The molecule has 2 amide bonds. The van der Waals surface area contributed by atoms with Gasteiger partial charge in [0.1, 0.15) is 6.17 Å². The first-order chi connectivity index (χ1) is 16.9. The third kappa shape index (κ3) is 6.85. The minimum atomic E-state index is -0.780. The Morgan fingerprint density at radius 2 is 1.37 bits per heavy atom. The highest BCUT2D eigenvalue weighted by molar-refractivity contribution is 5.98. The smallest absolute Gasteiger partial charge is 0.253 e. The van der Waals surface area contributed by atoms with Gasteiger partial charge in [0.05, 0.1) is 13.7 Å². The largest absolute Gasteiger partial charge is 0.493 e. The van der Waals surface area contributed by atoms with Crippen molar-refractivity contribution in [1.82, 2.24) is 10.6 Å². The molecule has 0 bridgehead atoms. The predicted octanol–water partition coefficient (Wildman–Crippen LogP) is 5.74. The number of carbonyl (C=O) groups excluding carboxylic acids is 2. The van der Waals surface area contributed by atoms with E-state index in [9.17, 15) is 9.59 Å². The van der Waals surface area contributed by atoms with Gasteiger partial charge < -0.3 is 20.1 Å². The van der Waals surface area contributed by atoms with E-state index < -0.39 is 6.17 Å². The summed E-state index contributed by atoms with van der Waals surface area (Å²) in [5.41, 5.74) is 3.47. The van der Waals surface area contributed by atoms with Crippen LogP contribution in [0.5, 0.6) is 11.5 Å². The van der Waals surface area contributed by atoms with Crippen molar-refractivity contribution < 1.29 is 19.1 Å². The van der Waals surface area contributed by atoms with Crippen LogP contribution >= 0.6 is 0 Å². The first-order valence-corrected chi connectivity index (χ1v) is 12.0. The van der Waals surface area contributed by atoms with E-state index in [0.29, 0.717) is 34.8 Å². The molecular weight excluding hydrogens is 440 g/mol. The lowest BCUT2D eigenvalue weighted by molar-refractivity contribution is 0.0882. The Morgan fingerprint density at radius 1 is 0.800 bits per heavy atom. The Bertz CT molecular complexity index is 1100. The Kier molecular flexibility index (Phi) is 9.30. The lowest BCUT2D eigenvalue weighted by atomic mass is 10.1. The summed E-state index contributed by atoms with van der Waals surface area (Å²) < 4.78 is 11.5. The number of ether oxygens (including phenoxy) is 2. The average Bonchev–Trinajstić information content (AvgIpc) is 2.86. The number of rotatable bonds is 11. The molecule has 0 saturated heterocycles. The number of benzene rings is 3. The lowest BCUT2D eigenvalue weighted by Gasteiger charge is -2.23.